The van der Waals surface area contributed by atoms with Crippen LogP contribution in [-0.4, -0.2) is 28.7 Å². The molecule has 0 bridgehead atoms. The van der Waals surface area contributed by atoms with Crippen LogP contribution in [0, 0.1) is 11.3 Å². The van der Waals surface area contributed by atoms with Crippen molar-refractivity contribution in [3.8, 4) is 23.3 Å². The number of fused-ring (bicyclic) bond motifs is 1. The zero-order chi connectivity index (χ0) is 19.6. The highest BCUT2D eigenvalue weighted by Crippen LogP contribution is 2.41. The van der Waals surface area contributed by atoms with Gasteiger partial charge in [0.2, 0.25) is 15.6 Å². The number of nitriles is 1. The summed E-state index contributed by atoms with van der Waals surface area (Å²) in [4.78, 5) is -0.737. The van der Waals surface area contributed by atoms with Crippen molar-refractivity contribution in [1.82, 2.24) is 0 Å². The van der Waals surface area contributed by atoms with Gasteiger partial charge in [0.1, 0.15) is 24.2 Å². The fourth-order valence-electron chi connectivity index (χ4n) is 2.50. The molecule has 0 saturated heterocycles. The first kappa shape index (κ1) is 19.4. The lowest BCUT2D eigenvalue weighted by Gasteiger charge is -2.21. The maximum atomic E-state index is 12.9. The molecule has 0 aromatic heterocycles. The van der Waals surface area contributed by atoms with Crippen LogP contribution in [-0.2, 0) is 9.84 Å². The van der Waals surface area contributed by atoms with E-state index in [1.54, 1.807) is 18.2 Å². The zero-order valence-electron chi connectivity index (χ0n) is 14.0. The van der Waals surface area contributed by atoms with E-state index in [-0.39, 0.29) is 14.9 Å². The van der Waals surface area contributed by atoms with Crippen molar-refractivity contribution < 1.29 is 22.6 Å². The molecular formula is C18H13Cl2NO5S. The summed E-state index contributed by atoms with van der Waals surface area (Å²) in [6, 6.07) is 8.87. The normalized spacial score (nSPS) is 13.8. The van der Waals surface area contributed by atoms with Crippen molar-refractivity contribution in [2.45, 2.75) is 4.90 Å². The highest BCUT2D eigenvalue weighted by molar-refractivity contribution is 7.95. The summed E-state index contributed by atoms with van der Waals surface area (Å²) in [6.07, 6.45) is 1.22. The van der Waals surface area contributed by atoms with Crippen molar-refractivity contribution in [3.63, 3.8) is 0 Å². The van der Waals surface area contributed by atoms with Gasteiger partial charge in [-0.25, -0.2) is 8.42 Å². The van der Waals surface area contributed by atoms with Gasteiger partial charge < -0.3 is 14.2 Å². The van der Waals surface area contributed by atoms with Gasteiger partial charge in [0, 0.05) is 5.02 Å². The lowest BCUT2D eigenvalue weighted by atomic mass is 10.1. The zero-order valence-corrected chi connectivity index (χ0v) is 16.4. The van der Waals surface area contributed by atoms with Crippen LogP contribution in [0.3, 0.4) is 0 Å². The van der Waals surface area contributed by atoms with E-state index in [4.69, 9.17) is 37.4 Å². The van der Waals surface area contributed by atoms with E-state index in [2.05, 4.69) is 0 Å². The molecule has 0 unspecified atom stereocenters. The molecule has 1 aliphatic rings. The third-order valence-corrected chi connectivity index (χ3v) is 6.11. The van der Waals surface area contributed by atoms with Gasteiger partial charge >= 0.3 is 0 Å². The Hall–Kier alpha value is -2.40. The molecule has 0 N–H and O–H groups in total. The highest BCUT2D eigenvalue weighted by atomic mass is 35.5. The molecule has 0 aliphatic carbocycles. The largest absolute Gasteiger partial charge is 0.493 e. The van der Waals surface area contributed by atoms with E-state index < -0.39 is 14.7 Å². The molecule has 0 spiro atoms. The molecule has 9 heteroatoms. The third kappa shape index (κ3) is 3.83. The first-order chi connectivity index (χ1) is 12.9. The number of sulfone groups is 1. The summed E-state index contributed by atoms with van der Waals surface area (Å²) in [6.45, 7) is 0.731. The molecule has 0 fully saturated rings. The highest BCUT2D eigenvalue weighted by Gasteiger charge is 2.25. The van der Waals surface area contributed by atoms with E-state index in [1.165, 1.54) is 31.4 Å². The fraction of sp³-hybridized carbons (Fsp3) is 0.167. The molecule has 140 valence electrons. The predicted molar refractivity (Wildman–Crippen MR) is 101 cm³/mol. The van der Waals surface area contributed by atoms with Gasteiger partial charge in [-0.15, -0.1) is 0 Å². The number of benzene rings is 2. The van der Waals surface area contributed by atoms with Crippen molar-refractivity contribution in [2.24, 2.45) is 0 Å². The van der Waals surface area contributed by atoms with Crippen molar-refractivity contribution in [2.75, 3.05) is 20.3 Å². The molecule has 2 aromatic carbocycles. The Balaban J connectivity index is 2.12. The van der Waals surface area contributed by atoms with Crippen molar-refractivity contribution >= 4 is 39.1 Å². The quantitative estimate of drug-likeness (QED) is 0.684. The minimum Gasteiger partial charge on any atom is -0.493 e. The Bertz CT molecular complexity index is 1060. The van der Waals surface area contributed by atoms with Gasteiger partial charge in [0.05, 0.1) is 17.0 Å². The number of rotatable bonds is 4. The number of allylic oxidation sites excluding steroid dienone is 1. The minimum atomic E-state index is -4.17. The molecule has 3 rings (SSSR count). The molecule has 1 aliphatic heterocycles. The van der Waals surface area contributed by atoms with Crippen molar-refractivity contribution in [3.05, 3.63) is 50.8 Å². The van der Waals surface area contributed by atoms with Crippen LogP contribution in [0.5, 0.6) is 17.2 Å². The number of ether oxygens (including phenoxy) is 3. The summed E-state index contributed by atoms with van der Waals surface area (Å²) in [5, 5.41) is 9.61. The van der Waals surface area contributed by atoms with E-state index in [0.717, 1.165) is 0 Å². The average Bonchev–Trinajstić information content (AvgIpc) is 2.66. The summed E-state index contributed by atoms with van der Waals surface area (Å²) < 4.78 is 42.0. The van der Waals surface area contributed by atoms with Crippen LogP contribution in [0.2, 0.25) is 10.0 Å². The van der Waals surface area contributed by atoms with E-state index in [0.29, 0.717) is 36.0 Å². The maximum Gasteiger partial charge on any atom is 0.218 e. The van der Waals surface area contributed by atoms with Crippen LogP contribution in [0.1, 0.15) is 5.56 Å². The second-order valence-electron chi connectivity index (χ2n) is 5.45. The molecule has 0 atom stereocenters. The van der Waals surface area contributed by atoms with Gasteiger partial charge in [-0.2, -0.15) is 5.26 Å². The molecule has 2 aromatic rings. The number of nitrogens with zero attached hydrogens (tertiary/aromatic N) is 1. The average molecular weight is 426 g/mol. The van der Waals surface area contributed by atoms with Gasteiger partial charge in [0.25, 0.3) is 0 Å². The number of methoxy groups -OCH3 is 1. The lowest BCUT2D eigenvalue weighted by Crippen LogP contribution is -2.16. The minimum absolute atomic E-state index is 0.0275. The lowest BCUT2D eigenvalue weighted by molar-refractivity contribution is 0.165. The molecule has 0 amide bonds. The van der Waals surface area contributed by atoms with Gasteiger partial charge in [-0.1, -0.05) is 23.2 Å². The first-order valence-electron chi connectivity index (χ1n) is 7.66. The van der Waals surface area contributed by atoms with E-state index in [1.807, 2.05) is 0 Å². The Morgan fingerprint density at radius 1 is 1.22 bits per heavy atom. The fourth-order valence-corrected chi connectivity index (χ4v) is 4.41. The topological polar surface area (TPSA) is 85.6 Å². The maximum absolute atomic E-state index is 12.9. The summed E-state index contributed by atoms with van der Waals surface area (Å²) >= 11 is 11.9. The van der Waals surface area contributed by atoms with Crippen LogP contribution >= 0.6 is 23.2 Å². The van der Waals surface area contributed by atoms with Crippen LogP contribution in [0.15, 0.2) is 40.1 Å². The molecule has 0 radical (unpaired) electrons. The third-order valence-electron chi connectivity index (χ3n) is 3.73. The smallest absolute Gasteiger partial charge is 0.218 e. The Morgan fingerprint density at radius 3 is 2.67 bits per heavy atom. The van der Waals surface area contributed by atoms with Gasteiger partial charge in [-0.3, -0.25) is 0 Å². The second kappa shape index (κ2) is 7.69. The standard InChI is InChI=1S/C18H13Cl2NO5S/c1-24-15-7-11(8-16-18(15)26-5-4-25-16)6-13(10-21)27(22,23)17-9-12(19)2-3-14(17)20/h2-3,6-9H,4-5H2,1H3/b13-6+. The van der Waals surface area contributed by atoms with E-state index >= 15 is 0 Å². The number of halogens is 2. The molecule has 6 nitrogen and oxygen atoms in total. The van der Waals surface area contributed by atoms with E-state index in [9.17, 15) is 13.7 Å². The van der Waals surface area contributed by atoms with Crippen LogP contribution in [0.4, 0.5) is 0 Å². The van der Waals surface area contributed by atoms with Gasteiger partial charge in [0.15, 0.2) is 11.5 Å². The number of hydrogen-bond donors (Lipinski definition) is 0. The van der Waals surface area contributed by atoms with Crippen molar-refractivity contribution in [1.29, 1.82) is 5.26 Å². The Labute approximate surface area is 166 Å². The first-order valence-corrected chi connectivity index (χ1v) is 9.90. The van der Waals surface area contributed by atoms with Crippen LogP contribution < -0.4 is 14.2 Å². The monoisotopic (exact) mass is 425 g/mol. The Kier molecular flexibility index (Phi) is 5.51. The second-order valence-corrected chi connectivity index (χ2v) is 8.18. The summed E-state index contributed by atoms with van der Waals surface area (Å²) in [5.41, 5.74) is 0.398. The molecular weight excluding hydrogens is 413 g/mol. The summed E-state index contributed by atoms with van der Waals surface area (Å²) in [5.74, 6) is 1.21. The SMILES string of the molecule is COc1cc(/C=C(\C#N)S(=O)(=O)c2cc(Cl)ccc2Cl)cc2c1OCCO2. The van der Waals surface area contributed by atoms with Gasteiger partial charge in [-0.05, 0) is 42.0 Å². The molecule has 27 heavy (non-hydrogen) atoms. The Morgan fingerprint density at radius 2 is 1.96 bits per heavy atom. The summed E-state index contributed by atoms with van der Waals surface area (Å²) in [7, 11) is -2.72. The predicted octanol–water partition coefficient (Wildman–Crippen LogP) is 4.11. The number of hydrogen-bond acceptors (Lipinski definition) is 6. The molecule has 0 saturated carbocycles. The van der Waals surface area contributed by atoms with Crippen LogP contribution in [0.25, 0.3) is 6.08 Å². The molecule has 1 heterocycles.